The summed E-state index contributed by atoms with van der Waals surface area (Å²) >= 11 is 0. The van der Waals surface area contributed by atoms with Crippen molar-refractivity contribution in [3.8, 4) is 22.3 Å². The quantitative estimate of drug-likeness (QED) is 0.330. The summed E-state index contributed by atoms with van der Waals surface area (Å²) in [4.78, 5) is 0. The fourth-order valence-corrected chi connectivity index (χ4v) is 3.63. The molecule has 0 fully saturated rings. The lowest BCUT2D eigenvalue weighted by Crippen LogP contribution is -2.03. The average Bonchev–Trinajstić information content (AvgIpc) is 2.73. The van der Waals surface area contributed by atoms with Crippen molar-refractivity contribution in [2.75, 3.05) is 0 Å². The Morgan fingerprint density at radius 3 is 1.66 bits per heavy atom. The van der Waals surface area contributed by atoms with Crippen LogP contribution in [0.3, 0.4) is 0 Å². The highest BCUT2D eigenvalue weighted by Crippen LogP contribution is 2.32. The van der Waals surface area contributed by atoms with E-state index in [2.05, 4.69) is 43.3 Å². The summed E-state index contributed by atoms with van der Waals surface area (Å²) in [5, 5.41) is 2.44. The minimum Gasteiger partial charge on any atom is -0.166 e. The normalized spacial score (nSPS) is 11.7. The molecule has 4 rings (SSSR count). The Labute approximate surface area is 168 Å². The fraction of sp³-hybridized carbons (Fsp3) is 0.154. The molecular weight excluding hydrogens is 369 g/mol. The number of fused-ring (bicyclic) bond motifs is 1. The summed E-state index contributed by atoms with van der Waals surface area (Å²) in [7, 11) is 0. The third-order valence-corrected chi connectivity index (χ3v) is 5.21. The lowest BCUT2D eigenvalue weighted by atomic mass is 9.97. The van der Waals surface area contributed by atoms with Crippen molar-refractivity contribution in [3.05, 3.63) is 96.1 Å². The summed E-state index contributed by atoms with van der Waals surface area (Å²) in [6, 6.07) is 26.2. The predicted molar refractivity (Wildman–Crippen MR) is 114 cm³/mol. The molecule has 0 saturated carbocycles. The van der Waals surface area contributed by atoms with E-state index in [0.717, 1.165) is 47.2 Å². The van der Waals surface area contributed by atoms with Crippen LogP contribution in [-0.4, -0.2) is 0 Å². The maximum atomic E-state index is 12.7. The van der Waals surface area contributed by atoms with Gasteiger partial charge in [0.05, 0.1) is 5.56 Å². The Hall–Kier alpha value is -3.07. The molecule has 0 heterocycles. The molecule has 0 saturated heterocycles. The Morgan fingerprint density at radius 2 is 1.07 bits per heavy atom. The van der Waals surface area contributed by atoms with Gasteiger partial charge >= 0.3 is 6.18 Å². The van der Waals surface area contributed by atoms with Gasteiger partial charge in [0.2, 0.25) is 0 Å². The highest BCUT2D eigenvalue weighted by molar-refractivity contribution is 5.88. The minimum atomic E-state index is -4.31. The van der Waals surface area contributed by atoms with E-state index in [4.69, 9.17) is 0 Å². The van der Waals surface area contributed by atoms with Gasteiger partial charge in [-0.15, -0.1) is 0 Å². The molecule has 0 bridgehead atoms. The van der Waals surface area contributed by atoms with Gasteiger partial charge in [0, 0.05) is 0 Å². The number of rotatable bonds is 4. The van der Waals surface area contributed by atoms with Crippen LogP contribution in [-0.2, 0) is 12.6 Å². The topological polar surface area (TPSA) is 0 Å². The maximum Gasteiger partial charge on any atom is 0.416 e. The largest absolute Gasteiger partial charge is 0.416 e. The monoisotopic (exact) mass is 390 g/mol. The second-order valence-corrected chi connectivity index (χ2v) is 7.30. The average molecular weight is 390 g/mol. The molecule has 0 aliphatic rings. The van der Waals surface area contributed by atoms with Gasteiger partial charge in [0.15, 0.2) is 0 Å². The first-order valence-corrected chi connectivity index (χ1v) is 9.75. The summed E-state index contributed by atoms with van der Waals surface area (Å²) in [6.45, 7) is 2.18. The van der Waals surface area contributed by atoms with Crippen molar-refractivity contribution < 1.29 is 13.2 Å². The van der Waals surface area contributed by atoms with Crippen molar-refractivity contribution in [1.82, 2.24) is 0 Å². The molecule has 0 atom stereocenters. The van der Waals surface area contributed by atoms with Gasteiger partial charge in [0.1, 0.15) is 0 Å². The lowest BCUT2D eigenvalue weighted by molar-refractivity contribution is -0.137. The van der Waals surface area contributed by atoms with Crippen LogP contribution in [0, 0.1) is 0 Å². The molecule has 0 unspecified atom stereocenters. The van der Waals surface area contributed by atoms with Crippen LogP contribution < -0.4 is 0 Å². The van der Waals surface area contributed by atoms with E-state index < -0.39 is 11.7 Å². The van der Waals surface area contributed by atoms with E-state index in [-0.39, 0.29) is 0 Å². The number of hydrogen-bond acceptors (Lipinski definition) is 0. The molecule has 0 aromatic heterocycles. The highest BCUT2D eigenvalue weighted by atomic mass is 19.4. The molecule has 0 aliphatic heterocycles. The lowest BCUT2D eigenvalue weighted by Gasteiger charge is -2.09. The molecule has 0 N–H and O–H groups in total. The second kappa shape index (κ2) is 7.75. The van der Waals surface area contributed by atoms with Crippen LogP contribution in [0.15, 0.2) is 84.9 Å². The van der Waals surface area contributed by atoms with Crippen molar-refractivity contribution in [3.63, 3.8) is 0 Å². The van der Waals surface area contributed by atoms with E-state index in [1.54, 1.807) is 0 Å². The molecule has 0 aliphatic carbocycles. The summed E-state index contributed by atoms with van der Waals surface area (Å²) in [6.07, 6.45) is -2.09. The molecule has 0 radical (unpaired) electrons. The standard InChI is InChI=1S/C26H21F3/c1-2-3-18-4-5-24-17-23(11-10-22(24)16-18)21-8-6-19(7-9-21)20-12-14-25(15-13-20)26(27,28)29/h4-17H,2-3H2,1H3. The first-order valence-electron chi connectivity index (χ1n) is 9.75. The molecule has 146 valence electrons. The molecule has 29 heavy (non-hydrogen) atoms. The smallest absolute Gasteiger partial charge is 0.166 e. The molecular formula is C26H21F3. The van der Waals surface area contributed by atoms with Crippen molar-refractivity contribution >= 4 is 10.8 Å². The SMILES string of the molecule is CCCc1ccc2cc(-c3ccc(-c4ccc(C(F)(F)F)cc4)cc3)ccc2c1. The van der Waals surface area contributed by atoms with E-state index in [9.17, 15) is 13.2 Å². The van der Waals surface area contributed by atoms with E-state index in [0.29, 0.717) is 0 Å². The van der Waals surface area contributed by atoms with E-state index in [1.807, 2.05) is 24.3 Å². The number of benzene rings is 4. The third-order valence-electron chi connectivity index (χ3n) is 5.21. The van der Waals surface area contributed by atoms with Crippen LogP contribution in [0.5, 0.6) is 0 Å². The number of alkyl halides is 3. The first kappa shape index (κ1) is 19.3. The number of hydrogen-bond donors (Lipinski definition) is 0. The Kier molecular flexibility index (Phi) is 5.14. The maximum absolute atomic E-state index is 12.7. The van der Waals surface area contributed by atoms with Crippen LogP contribution in [0.1, 0.15) is 24.5 Å². The Morgan fingerprint density at radius 1 is 0.586 bits per heavy atom. The van der Waals surface area contributed by atoms with Gasteiger partial charge in [-0.25, -0.2) is 0 Å². The highest BCUT2D eigenvalue weighted by Gasteiger charge is 2.29. The molecule has 3 heteroatoms. The van der Waals surface area contributed by atoms with E-state index in [1.165, 1.54) is 28.5 Å². The predicted octanol–water partition coefficient (Wildman–Crippen LogP) is 8.15. The molecule has 4 aromatic rings. The summed E-state index contributed by atoms with van der Waals surface area (Å²) in [5.74, 6) is 0. The first-order chi connectivity index (χ1) is 13.9. The Balaban J connectivity index is 1.59. The summed E-state index contributed by atoms with van der Waals surface area (Å²) < 4.78 is 38.2. The molecule has 0 amide bonds. The van der Waals surface area contributed by atoms with Crippen LogP contribution in [0.4, 0.5) is 13.2 Å². The zero-order valence-corrected chi connectivity index (χ0v) is 16.1. The van der Waals surface area contributed by atoms with E-state index >= 15 is 0 Å². The summed E-state index contributed by atoms with van der Waals surface area (Å²) in [5.41, 5.74) is 4.60. The van der Waals surface area contributed by atoms with Crippen LogP contribution in [0.25, 0.3) is 33.0 Å². The second-order valence-electron chi connectivity index (χ2n) is 7.30. The minimum absolute atomic E-state index is 0.629. The van der Waals surface area contributed by atoms with Crippen LogP contribution in [0.2, 0.25) is 0 Å². The zero-order valence-electron chi connectivity index (χ0n) is 16.1. The molecule has 0 nitrogen and oxygen atoms in total. The van der Waals surface area contributed by atoms with Crippen molar-refractivity contribution in [1.29, 1.82) is 0 Å². The fourth-order valence-electron chi connectivity index (χ4n) is 3.63. The van der Waals surface area contributed by atoms with Gasteiger partial charge < -0.3 is 0 Å². The van der Waals surface area contributed by atoms with Gasteiger partial charge in [-0.1, -0.05) is 80.1 Å². The van der Waals surface area contributed by atoms with Gasteiger partial charge in [-0.3, -0.25) is 0 Å². The van der Waals surface area contributed by atoms with Gasteiger partial charge in [-0.2, -0.15) is 13.2 Å². The van der Waals surface area contributed by atoms with Gasteiger partial charge in [0.25, 0.3) is 0 Å². The van der Waals surface area contributed by atoms with Gasteiger partial charge in [-0.05, 0) is 63.2 Å². The Bertz CT molecular complexity index is 1120. The van der Waals surface area contributed by atoms with Crippen molar-refractivity contribution in [2.45, 2.75) is 25.9 Å². The zero-order chi connectivity index (χ0) is 20.4. The number of aryl methyl sites for hydroxylation is 1. The number of halogens is 3. The van der Waals surface area contributed by atoms with Crippen LogP contribution >= 0.6 is 0 Å². The van der Waals surface area contributed by atoms with Crippen molar-refractivity contribution in [2.24, 2.45) is 0 Å². The molecule has 4 aromatic carbocycles. The molecule has 0 spiro atoms. The third kappa shape index (κ3) is 4.19.